The highest BCUT2D eigenvalue weighted by Gasteiger charge is 2.14. The fourth-order valence-corrected chi connectivity index (χ4v) is 8.83. The van der Waals surface area contributed by atoms with Gasteiger partial charge in [-0.1, -0.05) is 285 Å². The zero-order valence-corrected chi connectivity index (χ0v) is 38.4. The van der Waals surface area contributed by atoms with Crippen LogP contribution in [0.25, 0.3) is 67.8 Å². The van der Waals surface area contributed by atoms with E-state index in [0.29, 0.717) is 0 Å². The van der Waals surface area contributed by atoms with Gasteiger partial charge in [0.25, 0.3) is 0 Å². The van der Waals surface area contributed by atoms with E-state index >= 15 is 0 Å². The second-order valence-corrected chi connectivity index (χ2v) is 17.0. The predicted octanol–water partition coefficient (Wildman–Crippen LogP) is 18.4. The third-order valence-electron chi connectivity index (χ3n) is 12.4. The Kier molecular flexibility index (Phi) is 13.7. The van der Waals surface area contributed by atoms with Crippen LogP contribution in [-0.2, 0) is 0 Å². The third kappa shape index (κ3) is 10.8. The molecule has 0 saturated carbocycles. The molecule has 69 heavy (non-hydrogen) atoms. The van der Waals surface area contributed by atoms with E-state index in [2.05, 4.69) is 303 Å². The molecule has 10 aromatic rings. The van der Waals surface area contributed by atoms with Gasteiger partial charge >= 0.3 is 0 Å². The van der Waals surface area contributed by atoms with Gasteiger partial charge in [-0.15, -0.1) is 0 Å². The van der Waals surface area contributed by atoms with Crippen molar-refractivity contribution in [3.8, 4) is 44.5 Å². The van der Waals surface area contributed by atoms with Gasteiger partial charge in [0.05, 0.1) is 0 Å². The molecule has 0 bridgehead atoms. The summed E-state index contributed by atoms with van der Waals surface area (Å²) in [5.41, 5.74) is 20.9. The zero-order valence-electron chi connectivity index (χ0n) is 38.4. The Morgan fingerprint density at radius 2 is 0.609 bits per heavy atom. The Labute approximate surface area is 407 Å². The number of hydrogen-bond acceptors (Lipinski definition) is 1. The normalized spacial score (nSPS) is 11.1. The number of nitrogens with one attached hydrogen (secondary N) is 1. The van der Waals surface area contributed by atoms with Crippen LogP contribution >= 0.6 is 0 Å². The van der Waals surface area contributed by atoms with Crippen LogP contribution < -0.4 is 5.32 Å². The van der Waals surface area contributed by atoms with Gasteiger partial charge in [-0.2, -0.15) is 0 Å². The molecule has 0 aromatic heterocycles. The summed E-state index contributed by atoms with van der Waals surface area (Å²) in [5.74, 6) is 0. The van der Waals surface area contributed by atoms with E-state index < -0.39 is 0 Å². The molecular weight excluding hydrogens is 831 g/mol. The van der Waals surface area contributed by atoms with E-state index in [1.54, 1.807) is 0 Å². The van der Waals surface area contributed by atoms with Crippen molar-refractivity contribution < 1.29 is 0 Å². The van der Waals surface area contributed by atoms with Crippen LogP contribution in [0.2, 0.25) is 0 Å². The molecule has 0 amide bonds. The molecular formula is C68H51N. The number of para-hydroxylation sites is 1. The molecule has 0 aliphatic carbocycles. The predicted molar refractivity (Wildman–Crippen MR) is 296 cm³/mol. The third-order valence-corrected chi connectivity index (χ3v) is 12.4. The lowest BCUT2D eigenvalue weighted by Gasteiger charge is -2.18. The summed E-state index contributed by atoms with van der Waals surface area (Å²) in [7, 11) is 0. The molecule has 0 spiro atoms. The number of hydrogen-bond donors (Lipinski definition) is 1. The van der Waals surface area contributed by atoms with Crippen LogP contribution in [0.15, 0.2) is 291 Å². The van der Waals surface area contributed by atoms with Crippen molar-refractivity contribution in [1.29, 1.82) is 0 Å². The summed E-state index contributed by atoms with van der Waals surface area (Å²) in [6.07, 6.45) is 13.0. The fourth-order valence-electron chi connectivity index (χ4n) is 8.83. The van der Waals surface area contributed by atoms with Crippen LogP contribution in [0.1, 0.15) is 33.4 Å². The maximum atomic E-state index is 3.74. The van der Waals surface area contributed by atoms with Gasteiger partial charge in [0, 0.05) is 16.9 Å². The Morgan fingerprint density at radius 3 is 1.00 bits per heavy atom. The maximum absolute atomic E-state index is 3.74. The van der Waals surface area contributed by atoms with Crippen LogP contribution in [0, 0.1) is 0 Å². The summed E-state index contributed by atoms with van der Waals surface area (Å²) >= 11 is 0. The van der Waals surface area contributed by atoms with Gasteiger partial charge in [-0.25, -0.2) is 0 Å². The molecule has 1 heteroatoms. The molecule has 328 valence electrons. The number of benzene rings is 10. The van der Waals surface area contributed by atoms with E-state index in [4.69, 9.17) is 0 Å². The molecule has 0 unspecified atom stereocenters. The van der Waals surface area contributed by atoms with Crippen molar-refractivity contribution in [2.45, 2.75) is 0 Å². The molecule has 10 aromatic carbocycles. The van der Waals surface area contributed by atoms with Crippen LogP contribution in [-0.4, -0.2) is 0 Å². The van der Waals surface area contributed by atoms with Crippen molar-refractivity contribution in [2.75, 3.05) is 5.32 Å². The van der Waals surface area contributed by atoms with E-state index in [0.717, 1.165) is 39.2 Å². The summed E-state index contributed by atoms with van der Waals surface area (Å²) < 4.78 is 0. The van der Waals surface area contributed by atoms with Gasteiger partial charge < -0.3 is 5.32 Å². The minimum absolute atomic E-state index is 1.05. The average Bonchev–Trinajstić information content (AvgIpc) is 3.43. The maximum Gasteiger partial charge on any atom is 0.0470 e. The van der Waals surface area contributed by atoms with Gasteiger partial charge in [0.15, 0.2) is 0 Å². The van der Waals surface area contributed by atoms with Crippen LogP contribution in [0.3, 0.4) is 0 Å². The average molecular weight is 882 g/mol. The van der Waals surface area contributed by atoms with E-state index in [1.165, 1.54) is 61.2 Å². The molecule has 0 fully saturated rings. The van der Waals surface area contributed by atoms with E-state index in [-0.39, 0.29) is 0 Å². The topological polar surface area (TPSA) is 12.0 Å². The quantitative estimate of drug-likeness (QED) is 0.107. The molecule has 0 saturated heterocycles. The summed E-state index contributed by atoms with van der Waals surface area (Å²) in [4.78, 5) is 0. The standard InChI is InChI=1S/C68H51N/c1-6-21-57(22-7-1)64(58-23-8-2-9-24-58)31-16-19-51-35-39-53(40-36-51)55-43-47-61(48-44-55)66-33-18-34-67(69-63-29-14-5-15-30-63)68(66)62-49-45-56(46-50-62)54-41-37-52(38-42-54)20-17-32-65(59-25-10-3-11-26-59)60-27-12-4-13-28-60/h1-50,69H. The number of rotatable bonds is 14. The van der Waals surface area contributed by atoms with Gasteiger partial charge in [0.1, 0.15) is 0 Å². The Hall–Kier alpha value is -9.04. The molecule has 0 heterocycles. The largest absolute Gasteiger partial charge is 0.355 e. The lowest BCUT2D eigenvalue weighted by atomic mass is 9.91. The van der Waals surface area contributed by atoms with Gasteiger partial charge in [-0.3, -0.25) is 0 Å². The fraction of sp³-hybridized carbons (Fsp3) is 0. The number of anilines is 2. The SMILES string of the molecule is C(=Cc1ccc(-c2ccc(-c3cccc(Nc4ccccc4)c3-c3ccc(-c4ccc(C=CC=C(c5ccccc5)c5ccccc5)cc4)cc3)cc2)cc1)C=C(c1ccccc1)c1ccccc1. The van der Waals surface area contributed by atoms with Gasteiger partial charge in [-0.05, 0) is 102 Å². The second-order valence-electron chi connectivity index (χ2n) is 17.0. The molecule has 0 atom stereocenters. The lowest BCUT2D eigenvalue weighted by molar-refractivity contribution is 1.51. The molecule has 0 aliphatic rings. The number of allylic oxidation sites excluding steroid dienone is 4. The summed E-state index contributed by atoms with van der Waals surface area (Å²) in [6, 6.07) is 94.8. The van der Waals surface area contributed by atoms with Crippen LogP contribution in [0.5, 0.6) is 0 Å². The van der Waals surface area contributed by atoms with Crippen molar-refractivity contribution in [3.05, 3.63) is 325 Å². The van der Waals surface area contributed by atoms with E-state index in [9.17, 15) is 0 Å². The highest BCUT2D eigenvalue weighted by molar-refractivity contribution is 5.94. The van der Waals surface area contributed by atoms with Crippen molar-refractivity contribution in [3.63, 3.8) is 0 Å². The summed E-state index contributed by atoms with van der Waals surface area (Å²) in [5, 5.41) is 3.74. The lowest BCUT2D eigenvalue weighted by Crippen LogP contribution is -1.96. The zero-order chi connectivity index (χ0) is 46.5. The van der Waals surface area contributed by atoms with Crippen molar-refractivity contribution >= 4 is 34.7 Å². The first kappa shape index (κ1) is 43.8. The minimum Gasteiger partial charge on any atom is -0.355 e. The molecule has 1 N–H and O–H groups in total. The first-order valence-electron chi connectivity index (χ1n) is 23.6. The van der Waals surface area contributed by atoms with Crippen LogP contribution in [0.4, 0.5) is 11.4 Å². The Morgan fingerprint density at radius 1 is 0.275 bits per heavy atom. The van der Waals surface area contributed by atoms with Crippen molar-refractivity contribution in [2.24, 2.45) is 0 Å². The molecule has 1 nitrogen and oxygen atoms in total. The highest BCUT2D eigenvalue weighted by Crippen LogP contribution is 2.41. The second kappa shape index (κ2) is 21.5. The Balaban J connectivity index is 0.881. The van der Waals surface area contributed by atoms with Gasteiger partial charge in [0.2, 0.25) is 0 Å². The molecule has 0 aliphatic heterocycles. The monoisotopic (exact) mass is 881 g/mol. The molecule has 0 radical (unpaired) electrons. The van der Waals surface area contributed by atoms with Crippen molar-refractivity contribution in [1.82, 2.24) is 0 Å². The Bertz CT molecular complexity index is 3270. The smallest absolute Gasteiger partial charge is 0.0470 e. The van der Waals surface area contributed by atoms with E-state index in [1.807, 2.05) is 6.07 Å². The summed E-state index contributed by atoms with van der Waals surface area (Å²) in [6.45, 7) is 0. The molecule has 10 rings (SSSR count). The first-order valence-corrected chi connectivity index (χ1v) is 23.6. The first-order chi connectivity index (χ1) is 34.2. The minimum atomic E-state index is 1.05. The highest BCUT2D eigenvalue weighted by atomic mass is 14.9.